The summed E-state index contributed by atoms with van der Waals surface area (Å²) in [7, 11) is 1.30. The minimum absolute atomic E-state index is 0.291. The lowest BCUT2D eigenvalue weighted by atomic mass is 10.2. The maximum Gasteiger partial charge on any atom is 0.337 e. The second-order valence-electron chi connectivity index (χ2n) is 4.62. The first kappa shape index (κ1) is 17.2. The second-order valence-corrected chi connectivity index (χ2v) is 5.44. The Morgan fingerprint density at radius 2 is 1.96 bits per heavy atom. The van der Waals surface area contributed by atoms with Gasteiger partial charge >= 0.3 is 5.97 Å². The van der Waals surface area contributed by atoms with Crippen molar-refractivity contribution in [1.29, 1.82) is 0 Å². The number of carbonyl (C=O) groups excluding carboxylic acids is 1. The Labute approximate surface area is 143 Å². The molecule has 0 saturated carbocycles. The molecule has 0 amide bonds. The molecular formula is C16H14ClFN2O2S. The van der Waals surface area contributed by atoms with Gasteiger partial charge in [0, 0.05) is 6.54 Å². The molecule has 23 heavy (non-hydrogen) atoms. The van der Waals surface area contributed by atoms with Gasteiger partial charge in [0.25, 0.3) is 0 Å². The van der Waals surface area contributed by atoms with Crippen LogP contribution in [0.2, 0.25) is 5.02 Å². The highest BCUT2D eigenvalue weighted by atomic mass is 35.5. The van der Waals surface area contributed by atoms with E-state index in [-0.39, 0.29) is 5.82 Å². The highest BCUT2D eigenvalue weighted by molar-refractivity contribution is 7.80. The van der Waals surface area contributed by atoms with E-state index in [4.69, 9.17) is 23.8 Å². The SMILES string of the molecule is COC(=O)c1ccc(Cl)c(NC(=S)NCc2ccc(F)cc2)c1. The van der Waals surface area contributed by atoms with E-state index in [1.54, 1.807) is 30.3 Å². The zero-order chi connectivity index (χ0) is 16.8. The van der Waals surface area contributed by atoms with Gasteiger partial charge in [0.2, 0.25) is 0 Å². The Balaban J connectivity index is 1.99. The van der Waals surface area contributed by atoms with Crippen molar-refractivity contribution < 1.29 is 13.9 Å². The predicted octanol–water partition coefficient (Wildman–Crippen LogP) is 3.75. The van der Waals surface area contributed by atoms with Crippen molar-refractivity contribution in [1.82, 2.24) is 5.32 Å². The Morgan fingerprint density at radius 3 is 2.61 bits per heavy atom. The molecule has 0 aliphatic heterocycles. The average Bonchev–Trinajstić information content (AvgIpc) is 2.55. The minimum Gasteiger partial charge on any atom is -0.465 e. The van der Waals surface area contributed by atoms with Crippen LogP contribution in [0.3, 0.4) is 0 Å². The molecule has 0 unspecified atom stereocenters. The van der Waals surface area contributed by atoms with Gasteiger partial charge < -0.3 is 15.4 Å². The number of carbonyl (C=O) groups is 1. The number of hydrogen-bond donors (Lipinski definition) is 2. The molecule has 0 heterocycles. The van der Waals surface area contributed by atoms with Gasteiger partial charge in [0.1, 0.15) is 5.82 Å². The number of hydrogen-bond acceptors (Lipinski definition) is 3. The summed E-state index contributed by atoms with van der Waals surface area (Å²) < 4.78 is 17.5. The molecular weight excluding hydrogens is 339 g/mol. The predicted molar refractivity (Wildman–Crippen MR) is 92.3 cm³/mol. The molecule has 4 nitrogen and oxygen atoms in total. The van der Waals surface area contributed by atoms with E-state index < -0.39 is 5.97 Å². The van der Waals surface area contributed by atoms with Crippen LogP contribution in [0.4, 0.5) is 10.1 Å². The van der Waals surface area contributed by atoms with Crippen LogP contribution in [0.1, 0.15) is 15.9 Å². The molecule has 0 spiro atoms. The Kier molecular flexibility index (Phi) is 5.90. The van der Waals surface area contributed by atoms with Crippen LogP contribution in [0.15, 0.2) is 42.5 Å². The number of nitrogens with one attached hydrogen (secondary N) is 2. The van der Waals surface area contributed by atoms with E-state index in [2.05, 4.69) is 15.4 Å². The van der Waals surface area contributed by atoms with Crippen molar-refractivity contribution in [2.24, 2.45) is 0 Å². The topological polar surface area (TPSA) is 50.4 Å². The highest BCUT2D eigenvalue weighted by Crippen LogP contribution is 2.23. The standard InChI is InChI=1S/C16H14ClFN2O2S/c1-22-15(21)11-4-7-13(17)14(8-11)20-16(23)19-9-10-2-5-12(18)6-3-10/h2-8H,9H2,1H3,(H2,19,20,23). The number of methoxy groups -OCH3 is 1. The summed E-state index contributed by atoms with van der Waals surface area (Å²) in [6.07, 6.45) is 0. The van der Waals surface area contributed by atoms with Crippen molar-refractivity contribution in [2.75, 3.05) is 12.4 Å². The van der Waals surface area contributed by atoms with E-state index in [1.165, 1.54) is 19.2 Å². The molecule has 0 fully saturated rings. The summed E-state index contributed by atoms with van der Waals surface area (Å²) in [6.45, 7) is 0.431. The summed E-state index contributed by atoms with van der Waals surface area (Å²) in [6, 6.07) is 10.8. The molecule has 0 aromatic heterocycles. The molecule has 0 aliphatic carbocycles. The van der Waals surface area contributed by atoms with Gasteiger partial charge in [0.15, 0.2) is 5.11 Å². The second kappa shape index (κ2) is 7.89. The van der Waals surface area contributed by atoms with Crippen molar-refractivity contribution in [3.05, 3.63) is 64.4 Å². The first-order chi connectivity index (χ1) is 11.0. The lowest BCUT2D eigenvalue weighted by molar-refractivity contribution is 0.0601. The third-order valence-electron chi connectivity index (χ3n) is 3.00. The smallest absolute Gasteiger partial charge is 0.337 e. The van der Waals surface area contributed by atoms with Crippen molar-refractivity contribution in [3.63, 3.8) is 0 Å². The number of ether oxygens (including phenoxy) is 1. The van der Waals surface area contributed by atoms with Crippen LogP contribution in [0.25, 0.3) is 0 Å². The van der Waals surface area contributed by atoms with E-state index in [9.17, 15) is 9.18 Å². The molecule has 0 saturated heterocycles. The number of benzene rings is 2. The first-order valence-electron chi connectivity index (χ1n) is 6.67. The van der Waals surface area contributed by atoms with Crippen molar-refractivity contribution in [3.8, 4) is 0 Å². The van der Waals surface area contributed by atoms with E-state index in [0.29, 0.717) is 27.9 Å². The summed E-state index contributed by atoms with van der Waals surface area (Å²) in [4.78, 5) is 11.5. The van der Waals surface area contributed by atoms with Gasteiger partial charge in [-0.25, -0.2) is 9.18 Å². The molecule has 0 radical (unpaired) electrons. The number of anilines is 1. The van der Waals surface area contributed by atoms with Gasteiger partial charge in [-0.05, 0) is 48.1 Å². The van der Waals surface area contributed by atoms with E-state index in [0.717, 1.165) is 5.56 Å². The number of thiocarbonyl (C=S) groups is 1. The molecule has 2 aromatic rings. The largest absolute Gasteiger partial charge is 0.465 e. The molecule has 7 heteroatoms. The lowest BCUT2D eigenvalue weighted by Gasteiger charge is -2.12. The van der Waals surface area contributed by atoms with Crippen molar-refractivity contribution >= 4 is 40.6 Å². The van der Waals surface area contributed by atoms with Crippen LogP contribution in [-0.4, -0.2) is 18.2 Å². The van der Waals surface area contributed by atoms with Gasteiger partial charge in [-0.3, -0.25) is 0 Å². The highest BCUT2D eigenvalue weighted by Gasteiger charge is 2.10. The summed E-state index contributed by atoms with van der Waals surface area (Å²) >= 11 is 11.3. The van der Waals surface area contributed by atoms with Gasteiger partial charge in [-0.2, -0.15) is 0 Å². The maximum absolute atomic E-state index is 12.8. The zero-order valence-electron chi connectivity index (χ0n) is 12.2. The maximum atomic E-state index is 12.8. The van der Waals surface area contributed by atoms with Gasteiger partial charge in [-0.15, -0.1) is 0 Å². The zero-order valence-corrected chi connectivity index (χ0v) is 13.8. The van der Waals surface area contributed by atoms with E-state index in [1.807, 2.05) is 0 Å². The molecule has 2 aromatic carbocycles. The molecule has 2 rings (SSSR count). The molecule has 0 bridgehead atoms. The quantitative estimate of drug-likeness (QED) is 0.648. The molecule has 2 N–H and O–H groups in total. The van der Waals surface area contributed by atoms with Crippen LogP contribution in [-0.2, 0) is 11.3 Å². The Morgan fingerprint density at radius 1 is 1.26 bits per heavy atom. The average molecular weight is 353 g/mol. The summed E-state index contributed by atoms with van der Waals surface area (Å²) in [5.41, 5.74) is 1.73. The number of esters is 1. The lowest BCUT2D eigenvalue weighted by Crippen LogP contribution is -2.28. The number of halogens is 2. The fourth-order valence-corrected chi connectivity index (χ4v) is 2.16. The fraction of sp³-hybridized carbons (Fsp3) is 0.125. The number of rotatable bonds is 4. The van der Waals surface area contributed by atoms with Crippen molar-refractivity contribution in [2.45, 2.75) is 6.54 Å². The third kappa shape index (κ3) is 4.91. The van der Waals surface area contributed by atoms with Gasteiger partial charge in [0.05, 0.1) is 23.4 Å². The molecule has 120 valence electrons. The first-order valence-corrected chi connectivity index (χ1v) is 7.45. The molecule has 0 atom stereocenters. The summed E-state index contributed by atoms with van der Waals surface area (Å²) in [5, 5.41) is 6.65. The Hall–Kier alpha value is -2.18. The fourth-order valence-electron chi connectivity index (χ4n) is 1.82. The third-order valence-corrected chi connectivity index (χ3v) is 3.58. The van der Waals surface area contributed by atoms with Crippen LogP contribution >= 0.6 is 23.8 Å². The van der Waals surface area contributed by atoms with Crippen LogP contribution < -0.4 is 10.6 Å². The monoisotopic (exact) mass is 352 g/mol. The minimum atomic E-state index is -0.463. The molecule has 0 aliphatic rings. The summed E-state index contributed by atoms with van der Waals surface area (Å²) in [5.74, 6) is -0.754. The Bertz CT molecular complexity index is 723. The van der Waals surface area contributed by atoms with Crippen LogP contribution in [0.5, 0.6) is 0 Å². The normalized spacial score (nSPS) is 10.0. The van der Waals surface area contributed by atoms with E-state index >= 15 is 0 Å². The van der Waals surface area contributed by atoms with Crippen LogP contribution in [0, 0.1) is 5.82 Å². The van der Waals surface area contributed by atoms with Gasteiger partial charge in [-0.1, -0.05) is 23.7 Å².